The number of benzene rings is 2. The second kappa shape index (κ2) is 9.84. The highest BCUT2D eigenvalue weighted by Gasteiger charge is 2.12. The topological polar surface area (TPSA) is 21.3 Å². The van der Waals surface area contributed by atoms with Gasteiger partial charge in [-0.3, -0.25) is 0 Å². The van der Waals surface area contributed by atoms with E-state index in [2.05, 4.69) is 23.5 Å². The minimum absolute atomic E-state index is 0.543. The zero-order chi connectivity index (χ0) is 17.3. The Labute approximate surface area is 156 Å². The largest absolute Gasteiger partial charge is 0.489 e. The van der Waals surface area contributed by atoms with E-state index in [-0.39, 0.29) is 0 Å². The SMILES string of the molecule is Clc1cccc(COc2ccccc2CNC2CCCCCCC2)c1. The number of hydrogen-bond acceptors (Lipinski definition) is 2. The van der Waals surface area contributed by atoms with E-state index in [1.807, 2.05) is 30.3 Å². The summed E-state index contributed by atoms with van der Waals surface area (Å²) in [7, 11) is 0. The van der Waals surface area contributed by atoms with Crippen LogP contribution in [0.1, 0.15) is 56.1 Å². The third-order valence-corrected chi connectivity index (χ3v) is 5.18. The van der Waals surface area contributed by atoms with Crippen LogP contribution >= 0.6 is 11.6 Å². The third kappa shape index (κ3) is 6.05. The number of nitrogens with one attached hydrogen (secondary N) is 1. The summed E-state index contributed by atoms with van der Waals surface area (Å²) < 4.78 is 6.06. The molecule has 1 aliphatic carbocycles. The summed E-state index contributed by atoms with van der Waals surface area (Å²) in [5.41, 5.74) is 2.32. The van der Waals surface area contributed by atoms with Gasteiger partial charge in [-0.15, -0.1) is 0 Å². The van der Waals surface area contributed by atoms with Gasteiger partial charge >= 0.3 is 0 Å². The van der Waals surface area contributed by atoms with Crippen molar-refractivity contribution in [2.75, 3.05) is 0 Å². The second-order valence-corrected chi connectivity index (χ2v) is 7.39. The van der Waals surface area contributed by atoms with Gasteiger partial charge in [-0.05, 0) is 36.6 Å². The van der Waals surface area contributed by atoms with Gasteiger partial charge in [-0.2, -0.15) is 0 Å². The molecule has 0 amide bonds. The molecular weight excluding hydrogens is 330 g/mol. The van der Waals surface area contributed by atoms with Crippen LogP contribution in [0.15, 0.2) is 48.5 Å². The smallest absolute Gasteiger partial charge is 0.124 e. The highest BCUT2D eigenvalue weighted by molar-refractivity contribution is 6.30. The Morgan fingerprint density at radius 1 is 0.920 bits per heavy atom. The number of para-hydroxylation sites is 1. The van der Waals surface area contributed by atoms with E-state index in [9.17, 15) is 0 Å². The minimum atomic E-state index is 0.543. The van der Waals surface area contributed by atoms with E-state index in [4.69, 9.17) is 16.3 Å². The molecule has 3 rings (SSSR count). The molecule has 0 saturated heterocycles. The Balaban J connectivity index is 1.56. The third-order valence-electron chi connectivity index (χ3n) is 4.94. The number of halogens is 1. The predicted molar refractivity (Wildman–Crippen MR) is 105 cm³/mol. The fourth-order valence-electron chi connectivity index (χ4n) is 3.49. The Kier molecular flexibility index (Phi) is 7.20. The lowest BCUT2D eigenvalue weighted by Crippen LogP contribution is -2.29. The lowest BCUT2D eigenvalue weighted by Gasteiger charge is -2.22. The van der Waals surface area contributed by atoms with Crippen LogP contribution in [-0.2, 0) is 13.2 Å². The first kappa shape index (κ1) is 18.3. The van der Waals surface area contributed by atoms with Crippen molar-refractivity contribution < 1.29 is 4.74 Å². The van der Waals surface area contributed by atoms with Gasteiger partial charge in [0.1, 0.15) is 12.4 Å². The second-order valence-electron chi connectivity index (χ2n) is 6.95. The van der Waals surface area contributed by atoms with Crippen molar-refractivity contribution in [1.29, 1.82) is 0 Å². The van der Waals surface area contributed by atoms with E-state index in [0.717, 1.165) is 22.9 Å². The zero-order valence-corrected chi connectivity index (χ0v) is 15.6. The Bertz CT molecular complexity index is 650. The van der Waals surface area contributed by atoms with E-state index in [1.165, 1.54) is 50.5 Å². The Morgan fingerprint density at radius 2 is 1.68 bits per heavy atom. The molecule has 2 aromatic rings. The van der Waals surface area contributed by atoms with Crippen LogP contribution in [0.25, 0.3) is 0 Å². The summed E-state index contributed by atoms with van der Waals surface area (Å²) >= 11 is 6.05. The molecule has 0 aromatic heterocycles. The molecule has 134 valence electrons. The summed E-state index contributed by atoms with van der Waals surface area (Å²) in [6.45, 7) is 1.41. The van der Waals surface area contributed by atoms with Crippen LogP contribution in [-0.4, -0.2) is 6.04 Å². The molecule has 0 heterocycles. The van der Waals surface area contributed by atoms with Gasteiger partial charge in [-0.25, -0.2) is 0 Å². The van der Waals surface area contributed by atoms with Crippen molar-refractivity contribution in [3.8, 4) is 5.75 Å². The maximum atomic E-state index is 6.06. The van der Waals surface area contributed by atoms with Crippen molar-refractivity contribution in [2.24, 2.45) is 0 Å². The van der Waals surface area contributed by atoms with E-state index >= 15 is 0 Å². The minimum Gasteiger partial charge on any atom is -0.489 e. The average Bonchev–Trinajstić information content (AvgIpc) is 2.60. The Hall–Kier alpha value is -1.51. The summed E-state index contributed by atoms with van der Waals surface area (Å²) in [6.07, 6.45) is 9.48. The van der Waals surface area contributed by atoms with Crippen LogP contribution in [0.4, 0.5) is 0 Å². The molecule has 0 bridgehead atoms. The van der Waals surface area contributed by atoms with Crippen LogP contribution < -0.4 is 10.1 Å². The molecule has 3 heteroatoms. The fraction of sp³-hybridized carbons (Fsp3) is 0.455. The molecule has 1 aliphatic rings. The highest BCUT2D eigenvalue weighted by Crippen LogP contribution is 2.22. The molecule has 1 saturated carbocycles. The van der Waals surface area contributed by atoms with Gasteiger partial charge in [0, 0.05) is 23.2 Å². The van der Waals surface area contributed by atoms with Crippen LogP contribution in [0.5, 0.6) is 5.75 Å². The highest BCUT2D eigenvalue weighted by atomic mass is 35.5. The number of rotatable bonds is 6. The summed E-state index contributed by atoms with van der Waals surface area (Å²) in [6, 6.07) is 16.8. The number of hydrogen-bond donors (Lipinski definition) is 1. The monoisotopic (exact) mass is 357 g/mol. The normalized spacial score (nSPS) is 16.2. The summed E-state index contributed by atoms with van der Waals surface area (Å²) in [4.78, 5) is 0. The molecule has 1 N–H and O–H groups in total. The molecule has 25 heavy (non-hydrogen) atoms. The van der Waals surface area contributed by atoms with Gasteiger partial charge in [0.2, 0.25) is 0 Å². The van der Waals surface area contributed by atoms with Gasteiger partial charge < -0.3 is 10.1 Å². The summed E-state index contributed by atoms with van der Waals surface area (Å²) in [5.74, 6) is 0.959. The lowest BCUT2D eigenvalue weighted by molar-refractivity contribution is 0.300. The van der Waals surface area contributed by atoms with Crippen molar-refractivity contribution in [2.45, 2.75) is 64.1 Å². The van der Waals surface area contributed by atoms with Gasteiger partial charge in [0.15, 0.2) is 0 Å². The molecule has 0 spiro atoms. The Morgan fingerprint density at radius 3 is 2.48 bits per heavy atom. The van der Waals surface area contributed by atoms with E-state index in [1.54, 1.807) is 0 Å². The quantitative estimate of drug-likeness (QED) is 0.672. The average molecular weight is 358 g/mol. The van der Waals surface area contributed by atoms with E-state index < -0.39 is 0 Å². The standard InChI is InChI=1S/C22H28ClNO/c23-20-11-8-9-18(15-20)17-25-22-14-7-6-10-19(22)16-24-21-12-4-2-1-3-5-13-21/h6-11,14-15,21,24H,1-5,12-13,16-17H2. The zero-order valence-electron chi connectivity index (χ0n) is 14.8. The molecule has 0 radical (unpaired) electrons. The lowest BCUT2D eigenvalue weighted by atomic mass is 9.96. The predicted octanol–water partition coefficient (Wildman–Crippen LogP) is 6.12. The van der Waals surface area contributed by atoms with Crippen molar-refractivity contribution in [3.05, 3.63) is 64.7 Å². The van der Waals surface area contributed by atoms with Gasteiger partial charge in [0.05, 0.1) is 0 Å². The number of ether oxygens (including phenoxy) is 1. The van der Waals surface area contributed by atoms with Crippen LogP contribution in [0.3, 0.4) is 0 Å². The summed E-state index contributed by atoms with van der Waals surface area (Å²) in [5, 5.41) is 4.50. The van der Waals surface area contributed by atoms with Crippen LogP contribution in [0, 0.1) is 0 Å². The van der Waals surface area contributed by atoms with Gasteiger partial charge in [-0.1, -0.05) is 74.0 Å². The maximum Gasteiger partial charge on any atom is 0.124 e. The van der Waals surface area contributed by atoms with Crippen molar-refractivity contribution >= 4 is 11.6 Å². The molecule has 2 aromatic carbocycles. The molecule has 0 aliphatic heterocycles. The van der Waals surface area contributed by atoms with Crippen LogP contribution in [0.2, 0.25) is 5.02 Å². The molecule has 0 unspecified atom stereocenters. The van der Waals surface area contributed by atoms with E-state index in [0.29, 0.717) is 12.6 Å². The maximum absolute atomic E-state index is 6.06. The first-order valence-electron chi connectivity index (χ1n) is 9.50. The van der Waals surface area contributed by atoms with Crippen molar-refractivity contribution in [1.82, 2.24) is 5.32 Å². The molecule has 0 atom stereocenters. The first-order valence-corrected chi connectivity index (χ1v) is 9.87. The molecular formula is C22H28ClNO. The van der Waals surface area contributed by atoms with Gasteiger partial charge in [0.25, 0.3) is 0 Å². The van der Waals surface area contributed by atoms with Crippen molar-refractivity contribution in [3.63, 3.8) is 0 Å². The first-order chi connectivity index (χ1) is 12.3. The fourth-order valence-corrected chi connectivity index (χ4v) is 3.71. The molecule has 1 fully saturated rings. The molecule has 2 nitrogen and oxygen atoms in total.